The molecule has 3 nitrogen and oxygen atoms in total. The molecular formula is C17H15BrO3. The first-order valence-electron chi connectivity index (χ1n) is 6.79. The maximum Gasteiger partial charge on any atom is 0.194 e. The molecule has 21 heavy (non-hydrogen) atoms. The highest BCUT2D eigenvalue weighted by Gasteiger charge is 2.23. The SMILES string of the molecule is Cc1ccc(C(=O)c2ccc(OCC3CO3)cc2Br)cc1. The number of epoxide rings is 1. The summed E-state index contributed by atoms with van der Waals surface area (Å²) in [4.78, 5) is 12.5. The molecule has 108 valence electrons. The number of ketones is 1. The Morgan fingerprint density at radius 2 is 2.00 bits per heavy atom. The number of carbonyl (C=O) groups is 1. The highest BCUT2D eigenvalue weighted by molar-refractivity contribution is 9.10. The summed E-state index contributed by atoms with van der Waals surface area (Å²) in [5.41, 5.74) is 2.45. The van der Waals surface area contributed by atoms with Gasteiger partial charge in [0, 0.05) is 15.6 Å². The van der Waals surface area contributed by atoms with E-state index in [1.54, 1.807) is 6.07 Å². The van der Waals surface area contributed by atoms with E-state index in [-0.39, 0.29) is 11.9 Å². The van der Waals surface area contributed by atoms with Crippen molar-refractivity contribution in [2.75, 3.05) is 13.2 Å². The van der Waals surface area contributed by atoms with E-state index in [0.717, 1.165) is 22.4 Å². The third-order valence-electron chi connectivity index (χ3n) is 3.34. The minimum atomic E-state index is -0.000971. The van der Waals surface area contributed by atoms with Crippen LogP contribution < -0.4 is 4.74 Å². The van der Waals surface area contributed by atoms with Gasteiger partial charge in [-0.25, -0.2) is 0 Å². The molecule has 0 saturated carbocycles. The monoisotopic (exact) mass is 346 g/mol. The molecule has 1 aliphatic heterocycles. The molecule has 0 spiro atoms. The lowest BCUT2D eigenvalue weighted by Crippen LogP contribution is -2.06. The Morgan fingerprint density at radius 3 is 2.62 bits per heavy atom. The zero-order valence-corrected chi connectivity index (χ0v) is 13.2. The van der Waals surface area contributed by atoms with Crippen LogP contribution >= 0.6 is 15.9 Å². The molecule has 1 heterocycles. The standard InChI is InChI=1S/C17H15BrO3/c1-11-2-4-12(5-3-11)17(19)15-7-6-13(8-16(15)18)20-9-14-10-21-14/h2-8,14H,9-10H2,1H3. The quantitative estimate of drug-likeness (QED) is 0.611. The van der Waals surface area contributed by atoms with Crippen LogP contribution in [0.2, 0.25) is 0 Å². The molecule has 0 aliphatic carbocycles. The normalized spacial score (nSPS) is 16.6. The number of ether oxygens (including phenoxy) is 2. The molecule has 1 saturated heterocycles. The fourth-order valence-electron chi connectivity index (χ4n) is 1.98. The third kappa shape index (κ3) is 3.52. The Balaban J connectivity index is 1.77. The zero-order chi connectivity index (χ0) is 14.8. The third-order valence-corrected chi connectivity index (χ3v) is 3.99. The Morgan fingerprint density at radius 1 is 1.29 bits per heavy atom. The average Bonchev–Trinajstić information content (AvgIpc) is 3.29. The van der Waals surface area contributed by atoms with Crippen LogP contribution in [0.25, 0.3) is 0 Å². The van der Waals surface area contributed by atoms with Gasteiger partial charge in [-0.3, -0.25) is 4.79 Å². The molecule has 2 aromatic rings. The van der Waals surface area contributed by atoms with Crippen LogP contribution in [-0.2, 0) is 4.74 Å². The second-order valence-corrected chi connectivity index (χ2v) is 5.96. The smallest absolute Gasteiger partial charge is 0.194 e. The maximum atomic E-state index is 12.5. The molecule has 1 unspecified atom stereocenters. The van der Waals surface area contributed by atoms with Gasteiger partial charge in [0.2, 0.25) is 0 Å². The van der Waals surface area contributed by atoms with Gasteiger partial charge in [-0.15, -0.1) is 0 Å². The topological polar surface area (TPSA) is 38.8 Å². The minimum Gasteiger partial charge on any atom is -0.491 e. The lowest BCUT2D eigenvalue weighted by Gasteiger charge is -2.08. The molecule has 1 fully saturated rings. The summed E-state index contributed by atoms with van der Waals surface area (Å²) in [6.07, 6.45) is 0.220. The average molecular weight is 347 g/mol. The van der Waals surface area contributed by atoms with Crippen LogP contribution in [0.3, 0.4) is 0 Å². The van der Waals surface area contributed by atoms with Gasteiger partial charge in [-0.05, 0) is 41.1 Å². The number of benzene rings is 2. The second-order valence-electron chi connectivity index (χ2n) is 5.10. The van der Waals surface area contributed by atoms with Crippen molar-refractivity contribution in [2.45, 2.75) is 13.0 Å². The molecule has 1 aliphatic rings. The van der Waals surface area contributed by atoms with Gasteiger partial charge in [0.05, 0.1) is 6.61 Å². The van der Waals surface area contributed by atoms with E-state index in [0.29, 0.717) is 17.7 Å². The summed E-state index contributed by atoms with van der Waals surface area (Å²) < 4.78 is 11.4. The maximum absolute atomic E-state index is 12.5. The molecule has 3 rings (SSSR count). The number of carbonyl (C=O) groups excluding carboxylic acids is 1. The number of hydrogen-bond acceptors (Lipinski definition) is 3. The Hall–Kier alpha value is -1.65. The van der Waals surface area contributed by atoms with E-state index in [4.69, 9.17) is 9.47 Å². The van der Waals surface area contributed by atoms with Crippen molar-refractivity contribution in [1.29, 1.82) is 0 Å². The van der Waals surface area contributed by atoms with Crippen LogP contribution in [0.5, 0.6) is 5.75 Å². The Labute approximate surface area is 132 Å². The van der Waals surface area contributed by atoms with Gasteiger partial charge in [0.25, 0.3) is 0 Å². The highest BCUT2D eigenvalue weighted by Crippen LogP contribution is 2.26. The number of aryl methyl sites for hydroxylation is 1. The van der Waals surface area contributed by atoms with Crippen molar-refractivity contribution >= 4 is 21.7 Å². The molecule has 0 bridgehead atoms. The summed E-state index contributed by atoms with van der Waals surface area (Å²) in [5, 5.41) is 0. The molecule has 4 heteroatoms. The van der Waals surface area contributed by atoms with Crippen molar-refractivity contribution in [1.82, 2.24) is 0 Å². The van der Waals surface area contributed by atoms with E-state index in [1.807, 2.05) is 43.3 Å². The molecular weight excluding hydrogens is 332 g/mol. The number of hydrogen-bond donors (Lipinski definition) is 0. The Kier molecular flexibility index (Phi) is 4.08. The predicted molar refractivity (Wildman–Crippen MR) is 84.0 cm³/mol. The van der Waals surface area contributed by atoms with Gasteiger partial charge in [0.1, 0.15) is 18.5 Å². The van der Waals surface area contributed by atoms with Crippen LogP contribution in [0, 0.1) is 6.92 Å². The largest absolute Gasteiger partial charge is 0.491 e. The highest BCUT2D eigenvalue weighted by atomic mass is 79.9. The van der Waals surface area contributed by atoms with Gasteiger partial charge < -0.3 is 9.47 Å². The van der Waals surface area contributed by atoms with E-state index in [9.17, 15) is 4.79 Å². The number of halogens is 1. The molecule has 1 atom stereocenters. The van der Waals surface area contributed by atoms with Crippen molar-refractivity contribution in [3.8, 4) is 5.75 Å². The summed E-state index contributed by atoms with van der Waals surface area (Å²) in [5.74, 6) is 0.733. The summed E-state index contributed by atoms with van der Waals surface area (Å²) >= 11 is 3.45. The van der Waals surface area contributed by atoms with Crippen molar-refractivity contribution < 1.29 is 14.3 Å². The van der Waals surface area contributed by atoms with E-state index < -0.39 is 0 Å². The number of rotatable bonds is 5. The van der Waals surface area contributed by atoms with Crippen LogP contribution in [0.4, 0.5) is 0 Å². The van der Waals surface area contributed by atoms with E-state index in [2.05, 4.69) is 15.9 Å². The molecule has 0 aromatic heterocycles. The fourth-order valence-corrected chi connectivity index (χ4v) is 2.52. The second kappa shape index (κ2) is 6.00. The van der Waals surface area contributed by atoms with Crippen LogP contribution in [0.15, 0.2) is 46.9 Å². The van der Waals surface area contributed by atoms with E-state index >= 15 is 0 Å². The van der Waals surface area contributed by atoms with E-state index in [1.165, 1.54) is 0 Å². The summed E-state index contributed by atoms with van der Waals surface area (Å²) in [6, 6.07) is 13.0. The van der Waals surface area contributed by atoms with Crippen LogP contribution in [-0.4, -0.2) is 25.1 Å². The van der Waals surface area contributed by atoms with Crippen molar-refractivity contribution in [2.24, 2.45) is 0 Å². The predicted octanol–water partition coefficient (Wildman–Crippen LogP) is 3.77. The van der Waals surface area contributed by atoms with Crippen molar-refractivity contribution in [3.63, 3.8) is 0 Å². The fraction of sp³-hybridized carbons (Fsp3) is 0.235. The molecule has 0 N–H and O–H groups in total. The van der Waals surface area contributed by atoms with Crippen molar-refractivity contribution in [3.05, 3.63) is 63.6 Å². The van der Waals surface area contributed by atoms with Gasteiger partial charge in [-0.2, -0.15) is 0 Å². The molecule has 0 radical (unpaired) electrons. The summed E-state index contributed by atoms with van der Waals surface area (Å²) in [7, 11) is 0. The first kappa shape index (κ1) is 14.3. The minimum absolute atomic E-state index is 0.000971. The lowest BCUT2D eigenvalue weighted by molar-refractivity contribution is 0.103. The lowest BCUT2D eigenvalue weighted by atomic mass is 10.0. The molecule has 2 aromatic carbocycles. The Bertz CT molecular complexity index is 660. The first-order chi connectivity index (χ1) is 10.1. The van der Waals surface area contributed by atoms with Crippen LogP contribution in [0.1, 0.15) is 21.5 Å². The van der Waals surface area contributed by atoms with Gasteiger partial charge >= 0.3 is 0 Å². The summed E-state index contributed by atoms with van der Waals surface area (Å²) in [6.45, 7) is 3.32. The van der Waals surface area contributed by atoms with Gasteiger partial charge in [0.15, 0.2) is 5.78 Å². The first-order valence-corrected chi connectivity index (χ1v) is 7.58. The van der Waals surface area contributed by atoms with Gasteiger partial charge in [-0.1, -0.05) is 29.8 Å². The molecule has 0 amide bonds. The zero-order valence-electron chi connectivity index (χ0n) is 11.6.